The van der Waals surface area contributed by atoms with Gasteiger partial charge in [0.1, 0.15) is 18.2 Å². The van der Waals surface area contributed by atoms with E-state index in [2.05, 4.69) is 4.98 Å². The molecule has 1 heterocycles. The van der Waals surface area contributed by atoms with Gasteiger partial charge in [-0.2, -0.15) is 0 Å². The highest BCUT2D eigenvalue weighted by Gasteiger charge is 2.12. The first-order valence-electron chi connectivity index (χ1n) is 7.29. The van der Waals surface area contributed by atoms with Crippen LogP contribution in [-0.2, 0) is 0 Å². The van der Waals surface area contributed by atoms with E-state index in [1.807, 2.05) is 0 Å². The third kappa shape index (κ3) is 2.99. The van der Waals surface area contributed by atoms with E-state index in [0.29, 0.717) is 27.5 Å². The van der Waals surface area contributed by atoms with Gasteiger partial charge >= 0.3 is 0 Å². The van der Waals surface area contributed by atoms with Gasteiger partial charge in [0.2, 0.25) is 0 Å². The standard InChI is InChI=1S/C18H14F3NO2/c1-10-12(3-2-4-16(10)19)15-8-22-18(23)14-7-11(5-6-13(14)15)24-9-17(20)21/h2-8,17H,9H2,1H3,(H,22,23). The van der Waals surface area contributed by atoms with Crippen molar-refractivity contribution < 1.29 is 17.9 Å². The Labute approximate surface area is 135 Å². The van der Waals surface area contributed by atoms with E-state index < -0.39 is 13.0 Å². The number of alkyl halides is 2. The summed E-state index contributed by atoms with van der Waals surface area (Å²) >= 11 is 0. The summed E-state index contributed by atoms with van der Waals surface area (Å²) in [7, 11) is 0. The number of aromatic amines is 1. The van der Waals surface area contributed by atoms with Crippen LogP contribution < -0.4 is 10.3 Å². The lowest BCUT2D eigenvalue weighted by Crippen LogP contribution is -2.09. The molecule has 0 radical (unpaired) electrons. The predicted octanol–water partition coefficient (Wildman–Crippen LogP) is 4.29. The molecule has 0 unspecified atom stereocenters. The zero-order valence-electron chi connectivity index (χ0n) is 12.8. The Balaban J connectivity index is 2.16. The van der Waals surface area contributed by atoms with E-state index >= 15 is 0 Å². The van der Waals surface area contributed by atoms with Gasteiger partial charge < -0.3 is 9.72 Å². The van der Waals surface area contributed by atoms with E-state index in [0.717, 1.165) is 0 Å². The molecule has 0 fully saturated rings. The van der Waals surface area contributed by atoms with Crippen LogP contribution in [-0.4, -0.2) is 18.0 Å². The van der Waals surface area contributed by atoms with Crippen LogP contribution in [0.15, 0.2) is 47.4 Å². The lowest BCUT2D eigenvalue weighted by molar-refractivity contribution is 0.0820. The molecule has 1 N–H and O–H groups in total. The minimum atomic E-state index is -2.60. The van der Waals surface area contributed by atoms with Crippen LogP contribution in [0.3, 0.4) is 0 Å². The molecule has 124 valence electrons. The zero-order valence-corrected chi connectivity index (χ0v) is 12.8. The van der Waals surface area contributed by atoms with Gasteiger partial charge in [0, 0.05) is 11.8 Å². The topological polar surface area (TPSA) is 42.1 Å². The molecule has 0 aliphatic rings. The fourth-order valence-electron chi connectivity index (χ4n) is 2.61. The van der Waals surface area contributed by atoms with E-state index in [9.17, 15) is 18.0 Å². The monoisotopic (exact) mass is 333 g/mol. The summed E-state index contributed by atoms with van der Waals surface area (Å²) in [5.41, 5.74) is 1.40. The average molecular weight is 333 g/mol. The van der Waals surface area contributed by atoms with Crippen LogP contribution in [0.4, 0.5) is 13.2 Å². The van der Waals surface area contributed by atoms with Crippen molar-refractivity contribution in [1.82, 2.24) is 4.98 Å². The normalized spacial score (nSPS) is 11.2. The van der Waals surface area contributed by atoms with E-state index in [1.54, 1.807) is 25.1 Å². The number of fused-ring (bicyclic) bond motifs is 1. The highest BCUT2D eigenvalue weighted by molar-refractivity contribution is 5.97. The van der Waals surface area contributed by atoms with E-state index in [4.69, 9.17) is 4.74 Å². The Hall–Kier alpha value is -2.76. The van der Waals surface area contributed by atoms with Crippen molar-refractivity contribution in [3.05, 3.63) is 64.3 Å². The summed E-state index contributed by atoms with van der Waals surface area (Å²) in [4.78, 5) is 14.7. The second kappa shape index (κ2) is 6.39. The van der Waals surface area contributed by atoms with Gasteiger partial charge in [0.25, 0.3) is 12.0 Å². The third-order valence-corrected chi connectivity index (χ3v) is 3.81. The Morgan fingerprint density at radius 2 is 1.92 bits per heavy atom. The van der Waals surface area contributed by atoms with Crippen LogP contribution in [0.5, 0.6) is 5.75 Å². The Bertz CT molecular complexity index is 951. The maximum Gasteiger partial charge on any atom is 0.272 e. The van der Waals surface area contributed by atoms with Crippen molar-refractivity contribution >= 4 is 10.8 Å². The molecule has 0 aliphatic heterocycles. The summed E-state index contributed by atoms with van der Waals surface area (Å²) < 4.78 is 43.3. The van der Waals surface area contributed by atoms with Crippen LogP contribution in [0, 0.1) is 12.7 Å². The van der Waals surface area contributed by atoms with E-state index in [-0.39, 0.29) is 17.1 Å². The van der Waals surface area contributed by atoms with Gasteiger partial charge in [-0.15, -0.1) is 0 Å². The first-order chi connectivity index (χ1) is 11.5. The fraction of sp³-hybridized carbons (Fsp3) is 0.167. The molecule has 3 nitrogen and oxygen atoms in total. The number of halogens is 3. The molecule has 6 heteroatoms. The van der Waals surface area contributed by atoms with E-state index in [1.165, 1.54) is 24.4 Å². The van der Waals surface area contributed by atoms with Crippen molar-refractivity contribution in [3.63, 3.8) is 0 Å². The minimum Gasteiger partial charge on any atom is -0.488 e. The highest BCUT2D eigenvalue weighted by Crippen LogP contribution is 2.31. The Kier molecular flexibility index (Phi) is 4.29. The van der Waals surface area contributed by atoms with Crippen molar-refractivity contribution in [2.45, 2.75) is 13.3 Å². The molecule has 0 amide bonds. The van der Waals surface area contributed by atoms with Gasteiger partial charge in [-0.05, 0) is 47.7 Å². The molecule has 0 spiro atoms. The molecule has 3 aromatic rings. The maximum atomic E-state index is 13.8. The number of rotatable bonds is 4. The van der Waals surface area contributed by atoms with Crippen LogP contribution in [0.2, 0.25) is 0 Å². The number of ether oxygens (including phenoxy) is 1. The molecule has 0 saturated carbocycles. The SMILES string of the molecule is Cc1c(F)cccc1-c1c[nH]c(=O)c2cc(OCC(F)F)ccc12. The molecule has 2 aromatic carbocycles. The second-order valence-corrected chi connectivity index (χ2v) is 5.35. The fourth-order valence-corrected chi connectivity index (χ4v) is 2.61. The number of nitrogens with one attached hydrogen (secondary N) is 1. The van der Waals surface area contributed by atoms with Crippen molar-refractivity contribution in [3.8, 4) is 16.9 Å². The molecule has 24 heavy (non-hydrogen) atoms. The van der Waals surface area contributed by atoms with Gasteiger partial charge in [-0.3, -0.25) is 4.79 Å². The molecule has 0 aliphatic carbocycles. The van der Waals surface area contributed by atoms with Crippen molar-refractivity contribution in [1.29, 1.82) is 0 Å². The number of H-pyrrole nitrogens is 1. The average Bonchev–Trinajstić information content (AvgIpc) is 2.56. The number of pyridine rings is 1. The molecule has 0 bridgehead atoms. The molecular weight excluding hydrogens is 319 g/mol. The van der Waals surface area contributed by atoms with Gasteiger partial charge in [-0.25, -0.2) is 13.2 Å². The Morgan fingerprint density at radius 1 is 1.12 bits per heavy atom. The van der Waals surface area contributed by atoms with Gasteiger partial charge in [-0.1, -0.05) is 12.1 Å². The summed E-state index contributed by atoms with van der Waals surface area (Å²) in [6.07, 6.45) is -1.08. The number of hydrogen-bond donors (Lipinski definition) is 1. The highest BCUT2D eigenvalue weighted by atomic mass is 19.3. The number of benzene rings is 2. The van der Waals surface area contributed by atoms with Crippen molar-refractivity contribution in [2.75, 3.05) is 6.61 Å². The van der Waals surface area contributed by atoms with Crippen molar-refractivity contribution in [2.24, 2.45) is 0 Å². The largest absolute Gasteiger partial charge is 0.488 e. The molecular formula is C18H14F3NO2. The molecule has 0 atom stereocenters. The lowest BCUT2D eigenvalue weighted by Gasteiger charge is -2.11. The maximum absolute atomic E-state index is 13.8. The number of hydrogen-bond acceptors (Lipinski definition) is 2. The molecule has 1 aromatic heterocycles. The van der Waals surface area contributed by atoms with Gasteiger partial charge in [0.05, 0.1) is 5.39 Å². The second-order valence-electron chi connectivity index (χ2n) is 5.35. The smallest absolute Gasteiger partial charge is 0.272 e. The number of aromatic nitrogens is 1. The first-order valence-corrected chi connectivity index (χ1v) is 7.29. The first kappa shape index (κ1) is 16.1. The lowest BCUT2D eigenvalue weighted by atomic mass is 9.97. The van der Waals surface area contributed by atoms with Gasteiger partial charge in [0.15, 0.2) is 0 Å². The van der Waals surface area contributed by atoms with Crippen LogP contribution in [0.1, 0.15) is 5.56 Å². The summed E-state index contributed by atoms with van der Waals surface area (Å²) in [6, 6.07) is 9.26. The third-order valence-electron chi connectivity index (χ3n) is 3.81. The molecule has 0 saturated heterocycles. The summed E-state index contributed by atoms with van der Waals surface area (Å²) in [5, 5.41) is 0.889. The quantitative estimate of drug-likeness (QED) is 0.774. The zero-order chi connectivity index (χ0) is 17.3. The minimum absolute atomic E-state index is 0.182. The predicted molar refractivity (Wildman–Crippen MR) is 86.2 cm³/mol. The van der Waals surface area contributed by atoms with Crippen LogP contribution in [0.25, 0.3) is 21.9 Å². The Morgan fingerprint density at radius 3 is 2.67 bits per heavy atom. The summed E-state index contributed by atoms with van der Waals surface area (Å²) in [5.74, 6) is -0.162. The summed E-state index contributed by atoms with van der Waals surface area (Å²) in [6.45, 7) is 0.911. The molecule has 3 rings (SSSR count). The van der Waals surface area contributed by atoms with Crippen LogP contribution >= 0.6 is 0 Å².